The first kappa shape index (κ1) is 13.0. The van der Waals surface area contributed by atoms with Crippen molar-refractivity contribution in [3.63, 3.8) is 0 Å². The summed E-state index contributed by atoms with van der Waals surface area (Å²) >= 11 is 3.59. The first-order chi connectivity index (χ1) is 8.72. The lowest BCUT2D eigenvalue weighted by atomic mass is 10.1. The molecular formula is C14H16BrN3. The van der Waals surface area contributed by atoms with Gasteiger partial charge in [0.1, 0.15) is 11.6 Å². The minimum atomic E-state index is 0.774. The number of benzene rings is 1. The zero-order valence-electron chi connectivity index (χ0n) is 10.6. The molecule has 2 aromatic rings. The standard InChI is InChI=1S/C14H16BrN3/c1-3-9-16-14-12(15)13(17-10(2)18-14)11-7-5-4-6-8-11/h4-8H,3,9H2,1-2H3,(H,16,17,18). The number of halogens is 1. The molecule has 0 unspecified atom stereocenters. The van der Waals surface area contributed by atoms with E-state index in [0.29, 0.717) is 0 Å². The third-order valence-electron chi connectivity index (χ3n) is 2.55. The fourth-order valence-electron chi connectivity index (χ4n) is 1.71. The molecule has 0 radical (unpaired) electrons. The summed E-state index contributed by atoms with van der Waals surface area (Å²) in [6.45, 7) is 4.95. The molecule has 1 aromatic carbocycles. The van der Waals surface area contributed by atoms with Gasteiger partial charge in [0.2, 0.25) is 0 Å². The van der Waals surface area contributed by atoms with Gasteiger partial charge in [-0.05, 0) is 29.3 Å². The SMILES string of the molecule is CCCNc1nc(C)nc(-c2ccccc2)c1Br. The van der Waals surface area contributed by atoms with Crippen LogP contribution in [-0.4, -0.2) is 16.5 Å². The second-order valence-electron chi connectivity index (χ2n) is 4.07. The predicted octanol–water partition coefficient (Wildman–Crippen LogP) is 4.04. The van der Waals surface area contributed by atoms with Crippen molar-refractivity contribution in [1.82, 2.24) is 9.97 Å². The molecule has 0 saturated carbocycles. The van der Waals surface area contributed by atoms with E-state index in [1.807, 2.05) is 25.1 Å². The molecule has 0 saturated heterocycles. The largest absolute Gasteiger partial charge is 0.369 e. The number of aryl methyl sites for hydroxylation is 1. The summed E-state index contributed by atoms with van der Waals surface area (Å²) in [4.78, 5) is 8.94. The molecule has 0 aliphatic rings. The molecule has 2 rings (SSSR count). The Bertz CT molecular complexity index is 526. The highest BCUT2D eigenvalue weighted by molar-refractivity contribution is 9.10. The summed E-state index contributed by atoms with van der Waals surface area (Å²) < 4.78 is 0.924. The van der Waals surface area contributed by atoms with E-state index in [-0.39, 0.29) is 0 Å². The molecule has 18 heavy (non-hydrogen) atoms. The van der Waals surface area contributed by atoms with E-state index in [9.17, 15) is 0 Å². The van der Waals surface area contributed by atoms with Crippen LogP contribution in [0.4, 0.5) is 5.82 Å². The van der Waals surface area contributed by atoms with Crippen molar-refractivity contribution >= 4 is 21.7 Å². The van der Waals surface area contributed by atoms with E-state index in [0.717, 1.165) is 40.3 Å². The first-order valence-electron chi connectivity index (χ1n) is 6.05. The first-order valence-corrected chi connectivity index (χ1v) is 6.85. The maximum atomic E-state index is 4.51. The fourth-order valence-corrected chi connectivity index (χ4v) is 2.25. The van der Waals surface area contributed by atoms with Gasteiger partial charge >= 0.3 is 0 Å². The highest BCUT2D eigenvalue weighted by Crippen LogP contribution is 2.31. The van der Waals surface area contributed by atoms with Gasteiger partial charge in [-0.2, -0.15) is 0 Å². The molecule has 0 atom stereocenters. The second kappa shape index (κ2) is 5.96. The molecule has 94 valence electrons. The average molecular weight is 306 g/mol. The Hall–Kier alpha value is -1.42. The van der Waals surface area contributed by atoms with Crippen LogP contribution < -0.4 is 5.32 Å². The van der Waals surface area contributed by atoms with Crippen LogP contribution in [0.2, 0.25) is 0 Å². The number of nitrogens with one attached hydrogen (secondary N) is 1. The smallest absolute Gasteiger partial charge is 0.144 e. The summed E-state index contributed by atoms with van der Waals surface area (Å²) in [5.74, 6) is 1.64. The van der Waals surface area contributed by atoms with Gasteiger partial charge in [0.25, 0.3) is 0 Å². The quantitative estimate of drug-likeness (QED) is 0.926. The Labute approximate surface area is 116 Å². The molecule has 1 N–H and O–H groups in total. The maximum Gasteiger partial charge on any atom is 0.144 e. The molecule has 1 aromatic heterocycles. The lowest BCUT2D eigenvalue weighted by molar-refractivity contribution is 0.951. The van der Waals surface area contributed by atoms with Crippen molar-refractivity contribution in [1.29, 1.82) is 0 Å². The molecule has 0 fully saturated rings. The van der Waals surface area contributed by atoms with Crippen LogP contribution in [0.1, 0.15) is 19.2 Å². The van der Waals surface area contributed by atoms with Gasteiger partial charge in [0.15, 0.2) is 0 Å². The van der Waals surface area contributed by atoms with E-state index in [1.54, 1.807) is 0 Å². The fraction of sp³-hybridized carbons (Fsp3) is 0.286. The number of hydrogen-bond donors (Lipinski definition) is 1. The molecule has 0 aliphatic heterocycles. The van der Waals surface area contributed by atoms with E-state index in [1.165, 1.54) is 0 Å². The van der Waals surface area contributed by atoms with Crippen molar-refractivity contribution in [3.05, 3.63) is 40.6 Å². The Morgan fingerprint density at radius 3 is 2.56 bits per heavy atom. The van der Waals surface area contributed by atoms with Crippen LogP contribution in [0.15, 0.2) is 34.8 Å². The third kappa shape index (κ3) is 2.88. The summed E-state index contributed by atoms with van der Waals surface area (Å²) in [6, 6.07) is 10.1. The number of anilines is 1. The normalized spacial score (nSPS) is 10.4. The van der Waals surface area contributed by atoms with Gasteiger partial charge in [-0.3, -0.25) is 0 Å². The maximum absolute atomic E-state index is 4.51. The summed E-state index contributed by atoms with van der Waals surface area (Å²) in [7, 11) is 0. The van der Waals surface area contributed by atoms with Crippen LogP contribution in [0.25, 0.3) is 11.3 Å². The van der Waals surface area contributed by atoms with Crippen LogP contribution in [0.5, 0.6) is 0 Å². The zero-order chi connectivity index (χ0) is 13.0. The van der Waals surface area contributed by atoms with Crippen molar-refractivity contribution in [2.45, 2.75) is 20.3 Å². The second-order valence-corrected chi connectivity index (χ2v) is 4.87. The van der Waals surface area contributed by atoms with E-state index < -0.39 is 0 Å². The van der Waals surface area contributed by atoms with E-state index >= 15 is 0 Å². The summed E-state index contributed by atoms with van der Waals surface area (Å²) in [5.41, 5.74) is 2.02. The zero-order valence-corrected chi connectivity index (χ0v) is 12.2. The number of aromatic nitrogens is 2. The van der Waals surface area contributed by atoms with Crippen molar-refractivity contribution in [2.24, 2.45) is 0 Å². The monoisotopic (exact) mass is 305 g/mol. The molecule has 4 heteroatoms. The topological polar surface area (TPSA) is 37.8 Å². The van der Waals surface area contributed by atoms with Gasteiger partial charge in [0, 0.05) is 12.1 Å². The summed E-state index contributed by atoms with van der Waals surface area (Å²) in [5, 5.41) is 3.32. The Morgan fingerprint density at radius 1 is 1.17 bits per heavy atom. The van der Waals surface area contributed by atoms with Gasteiger partial charge in [-0.25, -0.2) is 9.97 Å². The van der Waals surface area contributed by atoms with E-state index in [2.05, 4.69) is 50.3 Å². The van der Waals surface area contributed by atoms with Crippen molar-refractivity contribution in [2.75, 3.05) is 11.9 Å². The van der Waals surface area contributed by atoms with Gasteiger partial charge < -0.3 is 5.32 Å². The van der Waals surface area contributed by atoms with Crippen molar-refractivity contribution < 1.29 is 0 Å². The highest BCUT2D eigenvalue weighted by Gasteiger charge is 2.11. The number of rotatable bonds is 4. The van der Waals surface area contributed by atoms with Gasteiger partial charge in [-0.15, -0.1) is 0 Å². The molecule has 0 spiro atoms. The molecule has 0 bridgehead atoms. The predicted molar refractivity (Wildman–Crippen MR) is 78.7 cm³/mol. The Kier molecular flexibility index (Phi) is 4.31. The Balaban J connectivity index is 2.45. The van der Waals surface area contributed by atoms with Crippen LogP contribution in [-0.2, 0) is 0 Å². The molecular weight excluding hydrogens is 290 g/mol. The molecule has 0 aliphatic carbocycles. The molecule has 1 heterocycles. The highest BCUT2D eigenvalue weighted by atomic mass is 79.9. The molecule has 0 amide bonds. The lowest BCUT2D eigenvalue weighted by Crippen LogP contribution is -2.06. The minimum absolute atomic E-state index is 0.774. The summed E-state index contributed by atoms with van der Waals surface area (Å²) in [6.07, 6.45) is 1.07. The van der Waals surface area contributed by atoms with Gasteiger partial charge in [-0.1, -0.05) is 37.3 Å². The Morgan fingerprint density at radius 2 is 1.89 bits per heavy atom. The molecule has 3 nitrogen and oxygen atoms in total. The number of nitrogens with zero attached hydrogens (tertiary/aromatic N) is 2. The third-order valence-corrected chi connectivity index (χ3v) is 3.30. The van der Waals surface area contributed by atoms with Gasteiger partial charge in [0.05, 0.1) is 10.2 Å². The van der Waals surface area contributed by atoms with Crippen LogP contribution >= 0.6 is 15.9 Å². The van der Waals surface area contributed by atoms with E-state index in [4.69, 9.17) is 0 Å². The average Bonchev–Trinajstić information content (AvgIpc) is 2.40. The minimum Gasteiger partial charge on any atom is -0.369 e. The van der Waals surface area contributed by atoms with Crippen molar-refractivity contribution in [3.8, 4) is 11.3 Å². The lowest BCUT2D eigenvalue weighted by Gasteiger charge is -2.11. The van der Waals surface area contributed by atoms with Crippen LogP contribution in [0.3, 0.4) is 0 Å². The number of hydrogen-bond acceptors (Lipinski definition) is 3. The van der Waals surface area contributed by atoms with Crippen LogP contribution in [0, 0.1) is 6.92 Å².